The normalized spacial score (nSPS) is 10.3. The number of amides is 2. The third kappa shape index (κ3) is 12.6. The lowest BCUT2D eigenvalue weighted by Crippen LogP contribution is -2.31. The molecule has 156 valence electrons. The summed E-state index contributed by atoms with van der Waals surface area (Å²) in [5.74, 6) is -0.974. The van der Waals surface area contributed by atoms with Crippen molar-refractivity contribution in [1.82, 2.24) is 5.32 Å². The first-order chi connectivity index (χ1) is 13.5. The van der Waals surface area contributed by atoms with Crippen LogP contribution in [0, 0.1) is 0 Å². The summed E-state index contributed by atoms with van der Waals surface area (Å²) in [5, 5.41) is 13.6. The number of carboxylic acids is 1. The molecule has 28 heavy (non-hydrogen) atoms. The van der Waals surface area contributed by atoms with Crippen LogP contribution in [0.3, 0.4) is 0 Å². The Morgan fingerprint density at radius 1 is 0.893 bits per heavy atom. The third-order valence-electron chi connectivity index (χ3n) is 3.07. The van der Waals surface area contributed by atoms with Crippen molar-refractivity contribution in [3.8, 4) is 5.75 Å². The molecule has 0 aliphatic rings. The van der Waals surface area contributed by atoms with Crippen molar-refractivity contribution in [2.24, 2.45) is 0 Å². The molecule has 0 radical (unpaired) electrons. The van der Waals surface area contributed by atoms with Gasteiger partial charge in [-0.05, 0) is 24.3 Å². The summed E-state index contributed by atoms with van der Waals surface area (Å²) >= 11 is 0. The Morgan fingerprint density at radius 3 is 2.18 bits per heavy atom. The van der Waals surface area contributed by atoms with E-state index in [9.17, 15) is 14.4 Å². The molecule has 1 aromatic carbocycles. The van der Waals surface area contributed by atoms with Crippen molar-refractivity contribution < 1.29 is 38.4 Å². The van der Waals surface area contributed by atoms with Gasteiger partial charge in [-0.25, -0.2) is 4.79 Å². The van der Waals surface area contributed by atoms with Gasteiger partial charge in [-0.3, -0.25) is 9.59 Å². The van der Waals surface area contributed by atoms with Gasteiger partial charge in [0.15, 0.2) is 0 Å². The first kappa shape index (κ1) is 23.3. The maximum atomic E-state index is 11.3. The maximum absolute atomic E-state index is 11.3. The van der Waals surface area contributed by atoms with Gasteiger partial charge in [0.1, 0.15) is 25.6 Å². The lowest BCUT2D eigenvalue weighted by Gasteiger charge is -2.09. The van der Waals surface area contributed by atoms with Gasteiger partial charge in [-0.1, -0.05) is 0 Å². The van der Waals surface area contributed by atoms with Crippen molar-refractivity contribution in [1.29, 1.82) is 0 Å². The van der Waals surface area contributed by atoms with Gasteiger partial charge in [0.25, 0.3) is 0 Å². The fraction of sp³-hybridized carbons (Fsp3) is 0.500. The lowest BCUT2D eigenvalue weighted by atomic mass is 10.3. The quantitative estimate of drug-likeness (QED) is 0.359. The number of ether oxygens (including phenoxy) is 4. The standard InChI is InChI=1S/C18H26N2O8/c1-14(21)20-15-2-4-16(5-3-15)28-11-10-26-9-8-25-7-6-19-17(22)12-27-13-18(23)24/h2-5H,6-13H2,1H3,(H,19,22)(H,20,21)(H,23,24). The highest BCUT2D eigenvalue weighted by Crippen LogP contribution is 2.15. The Bertz CT molecular complexity index is 606. The monoisotopic (exact) mass is 398 g/mol. The number of aliphatic carboxylic acids is 1. The van der Waals surface area contributed by atoms with Crippen LogP contribution in [-0.2, 0) is 28.6 Å². The van der Waals surface area contributed by atoms with E-state index in [0.717, 1.165) is 0 Å². The molecule has 0 heterocycles. The van der Waals surface area contributed by atoms with Crippen molar-refractivity contribution in [3.05, 3.63) is 24.3 Å². The van der Waals surface area contributed by atoms with E-state index < -0.39 is 18.5 Å². The highest BCUT2D eigenvalue weighted by atomic mass is 16.5. The first-order valence-electron chi connectivity index (χ1n) is 8.69. The first-order valence-corrected chi connectivity index (χ1v) is 8.69. The molecule has 0 atom stereocenters. The maximum Gasteiger partial charge on any atom is 0.329 e. The molecule has 0 aliphatic carbocycles. The summed E-state index contributed by atoms with van der Waals surface area (Å²) in [5.41, 5.74) is 0.706. The summed E-state index contributed by atoms with van der Waals surface area (Å²) in [6.45, 7) is 2.79. The molecule has 0 aliphatic heterocycles. The molecular weight excluding hydrogens is 372 g/mol. The summed E-state index contributed by atoms with van der Waals surface area (Å²) < 4.78 is 20.8. The van der Waals surface area contributed by atoms with Crippen LogP contribution in [0.5, 0.6) is 5.75 Å². The molecule has 0 aromatic heterocycles. The van der Waals surface area contributed by atoms with Crippen molar-refractivity contribution in [2.45, 2.75) is 6.92 Å². The van der Waals surface area contributed by atoms with E-state index in [4.69, 9.17) is 19.3 Å². The van der Waals surface area contributed by atoms with Crippen LogP contribution in [-0.4, -0.2) is 75.7 Å². The molecule has 0 fully saturated rings. The van der Waals surface area contributed by atoms with Gasteiger partial charge in [-0.15, -0.1) is 0 Å². The molecular formula is C18H26N2O8. The van der Waals surface area contributed by atoms with E-state index in [1.54, 1.807) is 24.3 Å². The molecule has 10 nitrogen and oxygen atoms in total. The van der Waals surface area contributed by atoms with E-state index in [-0.39, 0.29) is 12.5 Å². The number of hydrogen-bond donors (Lipinski definition) is 3. The number of benzene rings is 1. The van der Waals surface area contributed by atoms with Crippen molar-refractivity contribution in [3.63, 3.8) is 0 Å². The van der Waals surface area contributed by atoms with Gasteiger partial charge in [0, 0.05) is 19.2 Å². The average molecular weight is 398 g/mol. The number of anilines is 1. The Kier molecular flexibility index (Phi) is 12.0. The Morgan fingerprint density at radius 2 is 1.54 bits per heavy atom. The van der Waals surface area contributed by atoms with Crippen LogP contribution in [0.2, 0.25) is 0 Å². The molecule has 1 aromatic rings. The van der Waals surface area contributed by atoms with E-state index in [0.29, 0.717) is 51.0 Å². The van der Waals surface area contributed by atoms with E-state index >= 15 is 0 Å². The number of hydrogen-bond acceptors (Lipinski definition) is 7. The smallest absolute Gasteiger partial charge is 0.329 e. The zero-order valence-corrected chi connectivity index (χ0v) is 15.8. The van der Waals surface area contributed by atoms with Crippen LogP contribution in [0.25, 0.3) is 0 Å². The number of carboxylic acid groups (broad SMARTS) is 1. The predicted octanol–water partition coefficient (Wildman–Crippen LogP) is 0.274. The number of nitrogens with one attached hydrogen (secondary N) is 2. The largest absolute Gasteiger partial charge is 0.491 e. The fourth-order valence-corrected chi connectivity index (χ4v) is 1.92. The van der Waals surface area contributed by atoms with Crippen LogP contribution < -0.4 is 15.4 Å². The van der Waals surface area contributed by atoms with Gasteiger partial charge in [-0.2, -0.15) is 0 Å². The van der Waals surface area contributed by atoms with Crippen LogP contribution in [0.1, 0.15) is 6.92 Å². The molecule has 2 amide bonds. The minimum atomic E-state index is -1.12. The van der Waals surface area contributed by atoms with Crippen LogP contribution in [0.4, 0.5) is 5.69 Å². The number of carbonyl (C=O) groups is 3. The molecule has 0 spiro atoms. The zero-order valence-electron chi connectivity index (χ0n) is 15.8. The zero-order chi connectivity index (χ0) is 20.6. The average Bonchev–Trinajstić information content (AvgIpc) is 2.64. The van der Waals surface area contributed by atoms with E-state index in [1.165, 1.54) is 6.92 Å². The summed E-state index contributed by atoms with van der Waals surface area (Å²) in [4.78, 5) is 32.4. The summed E-state index contributed by atoms with van der Waals surface area (Å²) in [6, 6.07) is 7.02. The van der Waals surface area contributed by atoms with Crippen LogP contribution >= 0.6 is 0 Å². The van der Waals surface area contributed by atoms with E-state index in [2.05, 4.69) is 15.4 Å². The summed E-state index contributed by atoms with van der Waals surface area (Å²) in [6.07, 6.45) is 0. The van der Waals surface area contributed by atoms with Gasteiger partial charge in [0.05, 0.1) is 26.4 Å². The second-order valence-electron chi connectivity index (χ2n) is 5.52. The van der Waals surface area contributed by atoms with E-state index in [1.807, 2.05) is 0 Å². The highest BCUT2D eigenvalue weighted by molar-refractivity contribution is 5.88. The van der Waals surface area contributed by atoms with Gasteiger partial charge < -0.3 is 34.7 Å². The molecule has 3 N–H and O–H groups in total. The van der Waals surface area contributed by atoms with Crippen molar-refractivity contribution in [2.75, 3.05) is 58.1 Å². The molecule has 0 bridgehead atoms. The predicted molar refractivity (Wildman–Crippen MR) is 99.3 cm³/mol. The topological polar surface area (TPSA) is 132 Å². The molecule has 0 saturated carbocycles. The number of rotatable bonds is 15. The SMILES string of the molecule is CC(=O)Nc1ccc(OCCOCCOCCNC(=O)COCC(=O)O)cc1. The molecule has 1 rings (SSSR count). The molecule has 0 saturated heterocycles. The highest BCUT2D eigenvalue weighted by Gasteiger charge is 2.03. The van der Waals surface area contributed by atoms with Crippen molar-refractivity contribution >= 4 is 23.5 Å². The second kappa shape index (κ2) is 14.4. The minimum absolute atomic E-state index is 0.128. The third-order valence-corrected chi connectivity index (χ3v) is 3.07. The van der Waals surface area contributed by atoms with Gasteiger partial charge in [0.2, 0.25) is 11.8 Å². The van der Waals surface area contributed by atoms with Gasteiger partial charge >= 0.3 is 5.97 Å². The molecule has 0 unspecified atom stereocenters. The molecule has 10 heteroatoms. The van der Waals surface area contributed by atoms with Crippen LogP contribution in [0.15, 0.2) is 24.3 Å². The lowest BCUT2D eigenvalue weighted by molar-refractivity contribution is -0.143. The second-order valence-corrected chi connectivity index (χ2v) is 5.52. The fourth-order valence-electron chi connectivity index (χ4n) is 1.92. The summed E-state index contributed by atoms with van der Waals surface area (Å²) in [7, 11) is 0. The Balaban J connectivity index is 1.92. The Labute approximate surface area is 163 Å². The minimum Gasteiger partial charge on any atom is -0.491 e. The Hall–Kier alpha value is -2.69. The number of carbonyl (C=O) groups excluding carboxylic acids is 2.